The zero-order valence-corrected chi connectivity index (χ0v) is 17.0. The molecule has 0 radical (unpaired) electrons. The summed E-state index contributed by atoms with van der Waals surface area (Å²) in [7, 11) is 0. The van der Waals surface area contributed by atoms with Crippen LogP contribution in [-0.2, 0) is 0 Å². The van der Waals surface area contributed by atoms with Crippen LogP contribution in [0.3, 0.4) is 0 Å². The Hall–Kier alpha value is -4.27. The van der Waals surface area contributed by atoms with Crippen LogP contribution in [0.4, 0.5) is 0 Å². The van der Waals surface area contributed by atoms with Gasteiger partial charge in [-0.1, -0.05) is 40.7 Å². The number of aromatic amines is 1. The molecule has 9 nitrogen and oxygen atoms in total. The van der Waals surface area contributed by atoms with Crippen molar-refractivity contribution in [2.24, 2.45) is 0 Å². The first-order valence-electron chi connectivity index (χ1n) is 10.4. The number of aromatic nitrogens is 6. The van der Waals surface area contributed by atoms with Gasteiger partial charge in [-0.25, -0.2) is 4.68 Å². The van der Waals surface area contributed by atoms with E-state index < -0.39 is 0 Å². The van der Waals surface area contributed by atoms with Crippen LogP contribution in [0.15, 0.2) is 71.5 Å². The van der Waals surface area contributed by atoms with Crippen molar-refractivity contribution >= 4 is 16.8 Å². The van der Waals surface area contributed by atoms with Crippen molar-refractivity contribution < 1.29 is 9.32 Å². The molecule has 1 atom stereocenters. The highest BCUT2D eigenvalue weighted by atomic mass is 16.5. The summed E-state index contributed by atoms with van der Waals surface area (Å²) < 4.78 is 7.16. The summed E-state index contributed by atoms with van der Waals surface area (Å²) >= 11 is 0. The molecule has 0 saturated carbocycles. The maximum Gasteiger partial charge on any atom is 0.280 e. The van der Waals surface area contributed by atoms with E-state index in [1.807, 2.05) is 65.7 Å². The van der Waals surface area contributed by atoms with Crippen LogP contribution in [0.25, 0.3) is 33.9 Å². The number of fused-ring (bicyclic) bond motifs is 1. The topological polar surface area (TPSA) is 106 Å². The molecule has 1 amide bonds. The van der Waals surface area contributed by atoms with E-state index in [1.54, 1.807) is 10.9 Å². The van der Waals surface area contributed by atoms with Gasteiger partial charge >= 0.3 is 0 Å². The molecule has 32 heavy (non-hydrogen) atoms. The molecular formula is C23H19N7O2. The van der Waals surface area contributed by atoms with E-state index in [9.17, 15) is 4.79 Å². The van der Waals surface area contributed by atoms with Gasteiger partial charge in [0.05, 0.1) is 12.2 Å². The number of rotatable bonds is 4. The van der Waals surface area contributed by atoms with Gasteiger partial charge in [-0.3, -0.25) is 4.79 Å². The molecule has 1 N–H and O–H groups in total. The van der Waals surface area contributed by atoms with Gasteiger partial charge in [0, 0.05) is 41.3 Å². The van der Waals surface area contributed by atoms with Gasteiger partial charge in [0.2, 0.25) is 5.82 Å². The molecule has 3 aromatic heterocycles. The number of nitrogens with zero attached hydrogens (tertiary/aromatic N) is 6. The van der Waals surface area contributed by atoms with Gasteiger partial charge < -0.3 is 14.4 Å². The normalized spacial score (nSPS) is 16.1. The predicted molar refractivity (Wildman–Crippen MR) is 117 cm³/mol. The number of nitrogens with one attached hydrogen (secondary N) is 1. The summed E-state index contributed by atoms with van der Waals surface area (Å²) in [5, 5.41) is 13.5. The standard InChI is InChI=1S/C23H19N7O2/c31-23(17-6-7-19-16(12-17)8-10-24-19)29-11-9-18(13-29)30-14-20(26-28-30)22-25-21(27-32-22)15-4-2-1-3-5-15/h1-8,10,12,14,18,24H,9,11,13H2/t18-/m0/s1. The Labute approximate surface area is 182 Å². The molecule has 6 rings (SSSR count). The molecule has 5 aromatic rings. The van der Waals surface area contributed by atoms with Crippen molar-refractivity contribution in [3.63, 3.8) is 0 Å². The van der Waals surface area contributed by atoms with Crippen molar-refractivity contribution in [2.75, 3.05) is 13.1 Å². The maximum absolute atomic E-state index is 13.0. The first-order chi connectivity index (χ1) is 15.7. The molecule has 0 bridgehead atoms. The summed E-state index contributed by atoms with van der Waals surface area (Å²) in [5.41, 5.74) is 3.10. The lowest BCUT2D eigenvalue weighted by molar-refractivity contribution is 0.0787. The summed E-state index contributed by atoms with van der Waals surface area (Å²) in [5.74, 6) is 0.855. The minimum absolute atomic E-state index is 0.0281. The largest absolute Gasteiger partial charge is 0.361 e. The Morgan fingerprint density at radius 1 is 1.12 bits per heavy atom. The zero-order valence-electron chi connectivity index (χ0n) is 17.0. The third kappa shape index (κ3) is 3.24. The van der Waals surface area contributed by atoms with Gasteiger partial charge in [-0.2, -0.15) is 4.98 Å². The number of carbonyl (C=O) groups is 1. The minimum atomic E-state index is 0.0281. The third-order valence-electron chi connectivity index (χ3n) is 5.81. The molecule has 1 aliphatic rings. The highest BCUT2D eigenvalue weighted by molar-refractivity contribution is 5.98. The number of amides is 1. The summed E-state index contributed by atoms with van der Waals surface area (Å²) in [6.45, 7) is 1.24. The van der Waals surface area contributed by atoms with Crippen LogP contribution < -0.4 is 0 Å². The van der Waals surface area contributed by atoms with Gasteiger partial charge in [0.1, 0.15) is 0 Å². The lowest BCUT2D eigenvalue weighted by Crippen LogP contribution is -2.29. The third-order valence-corrected chi connectivity index (χ3v) is 5.81. The molecule has 1 saturated heterocycles. The van der Waals surface area contributed by atoms with Gasteiger partial charge in [-0.15, -0.1) is 5.10 Å². The Balaban J connectivity index is 1.17. The second-order valence-electron chi connectivity index (χ2n) is 7.85. The molecule has 4 heterocycles. The van der Waals surface area contributed by atoms with E-state index in [-0.39, 0.29) is 11.9 Å². The fourth-order valence-corrected chi connectivity index (χ4v) is 4.10. The molecule has 0 spiro atoms. The van der Waals surface area contributed by atoms with Crippen molar-refractivity contribution in [2.45, 2.75) is 12.5 Å². The second-order valence-corrected chi connectivity index (χ2v) is 7.85. The number of carbonyl (C=O) groups excluding carboxylic acids is 1. The Kier molecular flexibility index (Phi) is 4.31. The number of hydrogen-bond acceptors (Lipinski definition) is 6. The molecular weight excluding hydrogens is 406 g/mol. The van der Waals surface area contributed by atoms with E-state index in [0.717, 1.165) is 22.9 Å². The highest BCUT2D eigenvalue weighted by Gasteiger charge is 2.29. The Bertz CT molecular complexity index is 1400. The fourth-order valence-electron chi connectivity index (χ4n) is 4.10. The number of benzene rings is 2. The Morgan fingerprint density at radius 3 is 2.94 bits per heavy atom. The average Bonchev–Trinajstić information content (AvgIpc) is 3.63. The van der Waals surface area contributed by atoms with Crippen LogP contribution in [0.1, 0.15) is 22.8 Å². The zero-order chi connectivity index (χ0) is 21.5. The van der Waals surface area contributed by atoms with E-state index in [0.29, 0.717) is 36.1 Å². The predicted octanol–water partition coefficient (Wildman–Crippen LogP) is 3.56. The lowest BCUT2D eigenvalue weighted by Gasteiger charge is -2.16. The second kappa shape index (κ2) is 7.45. The van der Waals surface area contributed by atoms with E-state index in [1.165, 1.54) is 0 Å². The molecule has 9 heteroatoms. The smallest absolute Gasteiger partial charge is 0.280 e. The van der Waals surface area contributed by atoms with E-state index in [2.05, 4.69) is 25.4 Å². The number of likely N-dealkylation sites (tertiary alicyclic amines) is 1. The van der Waals surface area contributed by atoms with Crippen molar-refractivity contribution in [1.82, 2.24) is 35.0 Å². The molecule has 0 aliphatic carbocycles. The van der Waals surface area contributed by atoms with E-state index in [4.69, 9.17) is 4.52 Å². The fraction of sp³-hybridized carbons (Fsp3) is 0.174. The monoisotopic (exact) mass is 425 g/mol. The van der Waals surface area contributed by atoms with Crippen LogP contribution in [0, 0.1) is 0 Å². The van der Waals surface area contributed by atoms with Gasteiger partial charge in [0.15, 0.2) is 5.69 Å². The quantitative estimate of drug-likeness (QED) is 0.472. The first kappa shape index (κ1) is 18.5. The maximum atomic E-state index is 13.0. The lowest BCUT2D eigenvalue weighted by atomic mass is 10.1. The number of hydrogen-bond donors (Lipinski definition) is 1. The first-order valence-corrected chi connectivity index (χ1v) is 10.4. The molecule has 1 aliphatic heterocycles. The summed E-state index contributed by atoms with van der Waals surface area (Å²) in [4.78, 5) is 22.4. The van der Waals surface area contributed by atoms with Crippen LogP contribution in [-0.4, -0.2) is 54.0 Å². The van der Waals surface area contributed by atoms with Crippen LogP contribution >= 0.6 is 0 Å². The molecule has 1 fully saturated rings. The Morgan fingerprint density at radius 2 is 2.03 bits per heavy atom. The van der Waals surface area contributed by atoms with Crippen molar-refractivity contribution in [3.8, 4) is 23.0 Å². The van der Waals surface area contributed by atoms with Crippen molar-refractivity contribution in [3.05, 3.63) is 72.6 Å². The highest BCUT2D eigenvalue weighted by Crippen LogP contribution is 2.26. The van der Waals surface area contributed by atoms with E-state index >= 15 is 0 Å². The summed E-state index contributed by atoms with van der Waals surface area (Å²) in [6.07, 6.45) is 4.48. The van der Waals surface area contributed by atoms with Crippen LogP contribution in [0.2, 0.25) is 0 Å². The number of H-pyrrole nitrogens is 1. The molecule has 0 unspecified atom stereocenters. The minimum Gasteiger partial charge on any atom is -0.361 e. The van der Waals surface area contributed by atoms with Gasteiger partial charge in [0.25, 0.3) is 11.8 Å². The van der Waals surface area contributed by atoms with Gasteiger partial charge in [-0.05, 0) is 30.7 Å². The molecule has 158 valence electrons. The van der Waals surface area contributed by atoms with Crippen molar-refractivity contribution in [1.29, 1.82) is 0 Å². The SMILES string of the molecule is O=C(c1ccc2[nH]ccc2c1)N1CC[C@H](n2cc(-c3nc(-c4ccccc4)no3)nn2)C1. The summed E-state index contributed by atoms with van der Waals surface area (Å²) in [6, 6.07) is 17.4. The molecule has 2 aromatic carbocycles. The van der Waals surface area contributed by atoms with Crippen LogP contribution in [0.5, 0.6) is 0 Å². The average molecular weight is 425 g/mol.